The Kier molecular flexibility index (Phi) is 4.40. The van der Waals surface area contributed by atoms with Crippen LogP contribution in [0, 0.1) is 11.8 Å². The van der Waals surface area contributed by atoms with E-state index in [1.807, 2.05) is 12.1 Å². The van der Waals surface area contributed by atoms with Crippen LogP contribution in [0.2, 0.25) is 10.0 Å². The second-order valence-corrected chi connectivity index (χ2v) is 7.04. The first-order valence-electron chi connectivity index (χ1n) is 7.48. The van der Waals surface area contributed by atoms with Crippen LogP contribution in [0.15, 0.2) is 12.1 Å². The molecule has 0 N–H and O–H groups in total. The van der Waals surface area contributed by atoms with Crippen molar-refractivity contribution in [1.29, 1.82) is 0 Å². The largest absolute Gasteiger partial charge is 0.324 e. The average Bonchev–Trinajstić information content (AvgIpc) is 2.99. The molecule has 1 saturated carbocycles. The van der Waals surface area contributed by atoms with Gasteiger partial charge in [0.05, 0.1) is 27.0 Å². The van der Waals surface area contributed by atoms with Crippen molar-refractivity contribution >= 4 is 45.8 Å². The van der Waals surface area contributed by atoms with Gasteiger partial charge in [-0.3, -0.25) is 0 Å². The molecule has 1 fully saturated rings. The Labute approximate surface area is 140 Å². The number of fused-ring (bicyclic) bond motifs is 1. The molecule has 3 unspecified atom stereocenters. The minimum absolute atomic E-state index is 0.407. The fourth-order valence-corrected chi connectivity index (χ4v) is 4.27. The van der Waals surface area contributed by atoms with Crippen molar-refractivity contribution in [2.45, 2.75) is 45.0 Å². The second-order valence-electron chi connectivity index (χ2n) is 5.96. The van der Waals surface area contributed by atoms with Crippen LogP contribution in [0.1, 0.15) is 45.0 Å². The first-order valence-corrected chi connectivity index (χ1v) is 8.77. The Bertz CT molecular complexity index is 665. The van der Waals surface area contributed by atoms with E-state index in [0.717, 1.165) is 22.8 Å². The molecule has 1 aliphatic rings. The summed E-state index contributed by atoms with van der Waals surface area (Å²) in [6.45, 7) is 4.61. The van der Waals surface area contributed by atoms with Gasteiger partial charge in [0.25, 0.3) is 0 Å². The van der Waals surface area contributed by atoms with Gasteiger partial charge in [-0.25, -0.2) is 4.98 Å². The molecule has 0 saturated heterocycles. The zero-order chi connectivity index (χ0) is 15.1. The Balaban J connectivity index is 2.15. The number of halogens is 3. The molecule has 1 aromatic heterocycles. The van der Waals surface area contributed by atoms with Crippen molar-refractivity contribution < 1.29 is 0 Å². The van der Waals surface area contributed by atoms with Crippen LogP contribution in [-0.2, 0) is 5.88 Å². The maximum Gasteiger partial charge on any atom is 0.125 e. The fourth-order valence-electron chi connectivity index (χ4n) is 3.77. The summed E-state index contributed by atoms with van der Waals surface area (Å²) in [4.78, 5) is 4.65. The highest BCUT2D eigenvalue weighted by Gasteiger charge is 2.34. The molecule has 0 radical (unpaired) electrons. The number of hydrogen-bond donors (Lipinski definition) is 0. The minimum Gasteiger partial charge on any atom is -0.324 e. The predicted octanol–water partition coefficient (Wildman–Crippen LogP) is 6.08. The van der Waals surface area contributed by atoms with Crippen molar-refractivity contribution in [3.05, 3.63) is 28.0 Å². The number of benzene rings is 1. The monoisotopic (exact) mass is 344 g/mol. The van der Waals surface area contributed by atoms with Gasteiger partial charge in [-0.1, -0.05) is 43.5 Å². The van der Waals surface area contributed by atoms with E-state index in [-0.39, 0.29) is 0 Å². The van der Waals surface area contributed by atoms with Crippen LogP contribution in [0.3, 0.4) is 0 Å². The summed E-state index contributed by atoms with van der Waals surface area (Å²) in [5.41, 5.74) is 1.93. The van der Waals surface area contributed by atoms with Gasteiger partial charge in [0.1, 0.15) is 5.82 Å². The van der Waals surface area contributed by atoms with Gasteiger partial charge < -0.3 is 4.57 Å². The number of nitrogens with zero attached hydrogens (tertiary/aromatic N) is 2. The third kappa shape index (κ3) is 2.56. The predicted molar refractivity (Wildman–Crippen MR) is 90.5 cm³/mol. The molecule has 5 heteroatoms. The molecule has 0 spiro atoms. The molecular formula is C16H19Cl3N2. The van der Waals surface area contributed by atoms with Crippen molar-refractivity contribution in [2.24, 2.45) is 11.8 Å². The molecule has 1 aliphatic carbocycles. The number of hydrogen-bond acceptors (Lipinski definition) is 1. The van der Waals surface area contributed by atoms with Crippen LogP contribution >= 0.6 is 34.8 Å². The van der Waals surface area contributed by atoms with Gasteiger partial charge in [-0.15, -0.1) is 11.6 Å². The van der Waals surface area contributed by atoms with E-state index in [2.05, 4.69) is 23.4 Å². The number of imidazole rings is 1. The molecule has 0 amide bonds. The Morgan fingerprint density at radius 2 is 1.95 bits per heavy atom. The molecule has 1 aromatic carbocycles. The van der Waals surface area contributed by atoms with E-state index in [1.165, 1.54) is 19.3 Å². The van der Waals surface area contributed by atoms with E-state index < -0.39 is 0 Å². The van der Waals surface area contributed by atoms with Crippen molar-refractivity contribution in [3.63, 3.8) is 0 Å². The molecular weight excluding hydrogens is 327 g/mol. The number of alkyl halides is 1. The summed E-state index contributed by atoms with van der Waals surface area (Å²) in [7, 11) is 0. The Morgan fingerprint density at radius 3 is 2.57 bits per heavy atom. The lowest BCUT2D eigenvalue weighted by molar-refractivity contribution is 0.330. The van der Waals surface area contributed by atoms with Crippen LogP contribution in [0.25, 0.3) is 11.0 Å². The van der Waals surface area contributed by atoms with Crippen LogP contribution < -0.4 is 0 Å². The van der Waals surface area contributed by atoms with Crippen molar-refractivity contribution in [2.75, 3.05) is 0 Å². The van der Waals surface area contributed by atoms with Gasteiger partial charge in [0.15, 0.2) is 0 Å². The normalized spacial score (nSPS) is 25.9. The molecule has 114 valence electrons. The fraction of sp³-hybridized carbons (Fsp3) is 0.562. The second kappa shape index (κ2) is 5.98. The summed E-state index contributed by atoms with van der Waals surface area (Å²) in [5.74, 6) is 2.73. The van der Waals surface area contributed by atoms with Gasteiger partial charge in [0.2, 0.25) is 0 Å². The summed E-state index contributed by atoms with van der Waals surface area (Å²) in [6.07, 6.45) is 3.67. The smallest absolute Gasteiger partial charge is 0.125 e. The van der Waals surface area contributed by atoms with Gasteiger partial charge >= 0.3 is 0 Å². The number of aromatic nitrogens is 2. The maximum absolute atomic E-state index is 6.21. The molecule has 1 heterocycles. The standard InChI is InChI=1S/C16H19Cl3N2/c1-3-10-4-5-14(9(10)2)21-15-7-12(19)11(18)6-13(15)20-16(21)8-17/h6-7,9-10,14H,3-5,8H2,1-2H3. The van der Waals surface area contributed by atoms with Gasteiger partial charge in [-0.2, -0.15) is 0 Å². The zero-order valence-electron chi connectivity index (χ0n) is 12.2. The Hall–Kier alpha value is -0.440. The summed E-state index contributed by atoms with van der Waals surface area (Å²) in [6, 6.07) is 4.21. The summed E-state index contributed by atoms with van der Waals surface area (Å²) < 4.78 is 2.30. The van der Waals surface area contributed by atoms with Crippen LogP contribution in [0.5, 0.6) is 0 Å². The van der Waals surface area contributed by atoms with Gasteiger partial charge in [0, 0.05) is 6.04 Å². The molecule has 2 nitrogen and oxygen atoms in total. The lowest BCUT2D eigenvalue weighted by atomic mass is 9.93. The van der Waals surface area contributed by atoms with Crippen LogP contribution in [-0.4, -0.2) is 9.55 Å². The molecule has 3 rings (SSSR count). The molecule has 0 aliphatic heterocycles. The topological polar surface area (TPSA) is 17.8 Å². The third-order valence-electron chi connectivity index (χ3n) is 4.96. The lowest BCUT2D eigenvalue weighted by Gasteiger charge is -2.23. The summed E-state index contributed by atoms with van der Waals surface area (Å²) >= 11 is 18.4. The first-order chi connectivity index (χ1) is 10.1. The maximum atomic E-state index is 6.21. The number of rotatable bonds is 3. The van der Waals surface area contributed by atoms with Crippen molar-refractivity contribution in [1.82, 2.24) is 9.55 Å². The molecule has 0 bridgehead atoms. The van der Waals surface area contributed by atoms with E-state index in [9.17, 15) is 0 Å². The third-order valence-corrected chi connectivity index (χ3v) is 5.93. The highest BCUT2D eigenvalue weighted by molar-refractivity contribution is 6.42. The van der Waals surface area contributed by atoms with E-state index in [0.29, 0.717) is 27.9 Å². The zero-order valence-corrected chi connectivity index (χ0v) is 14.5. The SMILES string of the molecule is CCC1CCC(n2c(CCl)nc3cc(Cl)c(Cl)cc32)C1C. The molecule has 21 heavy (non-hydrogen) atoms. The quantitative estimate of drug-likeness (QED) is 0.616. The minimum atomic E-state index is 0.407. The van der Waals surface area contributed by atoms with Crippen LogP contribution in [0.4, 0.5) is 0 Å². The van der Waals surface area contributed by atoms with E-state index >= 15 is 0 Å². The van der Waals surface area contributed by atoms with Gasteiger partial charge in [-0.05, 0) is 36.8 Å². The Morgan fingerprint density at radius 1 is 1.24 bits per heavy atom. The van der Waals surface area contributed by atoms with Crippen molar-refractivity contribution in [3.8, 4) is 0 Å². The highest BCUT2D eigenvalue weighted by Crippen LogP contribution is 2.44. The molecule has 3 atom stereocenters. The lowest BCUT2D eigenvalue weighted by Crippen LogP contribution is -2.17. The average molecular weight is 346 g/mol. The highest BCUT2D eigenvalue weighted by atomic mass is 35.5. The summed E-state index contributed by atoms with van der Waals surface area (Å²) in [5, 5.41) is 1.12. The van der Waals surface area contributed by atoms with E-state index in [1.54, 1.807) is 0 Å². The first kappa shape index (κ1) is 15.5. The molecule has 2 aromatic rings. The van der Waals surface area contributed by atoms with E-state index in [4.69, 9.17) is 34.8 Å².